The van der Waals surface area contributed by atoms with E-state index in [1.54, 1.807) is 14.2 Å². The Bertz CT molecular complexity index is 374. The SMILES string of the molecule is COCc1cc(OC)ccc1C#CCO. The van der Waals surface area contributed by atoms with E-state index in [-0.39, 0.29) is 6.61 Å². The highest BCUT2D eigenvalue weighted by Gasteiger charge is 2.01. The minimum Gasteiger partial charge on any atom is -0.497 e. The van der Waals surface area contributed by atoms with Crippen molar-refractivity contribution in [2.24, 2.45) is 0 Å². The van der Waals surface area contributed by atoms with Crippen molar-refractivity contribution in [3.8, 4) is 17.6 Å². The number of hydrogen-bond donors (Lipinski definition) is 1. The average molecular weight is 206 g/mol. The largest absolute Gasteiger partial charge is 0.497 e. The first-order chi connectivity index (χ1) is 7.31. The van der Waals surface area contributed by atoms with Crippen molar-refractivity contribution in [2.45, 2.75) is 6.61 Å². The third kappa shape index (κ3) is 3.28. The molecule has 0 atom stereocenters. The van der Waals surface area contributed by atoms with Crippen molar-refractivity contribution in [3.05, 3.63) is 29.3 Å². The van der Waals surface area contributed by atoms with Crippen LogP contribution >= 0.6 is 0 Å². The van der Waals surface area contributed by atoms with Gasteiger partial charge in [-0.1, -0.05) is 11.8 Å². The van der Waals surface area contributed by atoms with Gasteiger partial charge in [0.2, 0.25) is 0 Å². The Kier molecular flexibility index (Phi) is 4.69. The van der Waals surface area contributed by atoms with E-state index in [1.807, 2.05) is 18.2 Å². The van der Waals surface area contributed by atoms with E-state index in [1.165, 1.54) is 0 Å². The molecule has 1 rings (SSSR count). The molecule has 3 heteroatoms. The number of hydrogen-bond acceptors (Lipinski definition) is 3. The van der Waals surface area contributed by atoms with Crippen LogP contribution in [0.5, 0.6) is 5.75 Å². The summed E-state index contributed by atoms with van der Waals surface area (Å²) in [6, 6.07) is 5.57. The summed E-state index contributed by atoms with van der Waals surface area (Å²) in [6.07, 6.45) is 0. The molecule has 0 aromatic heterocycles. The van der Waals surface area contributed by atoms with Crippen molar-refractivity contribution in [1.82, 2.24) is 0 Å². The normalized spacial score (nSPS) is 9.27. The van der Waals surface area contributed by atoms with E-state index in [4.69, 9.17) is 14.6 Å². The molecule has 0 saturated heterocycles. The second kappa shape index (κ2) is 6.07. The molecule has 0 aliphatic heterocycles. The number of aliphatic hydroxyl groups excluding tert-OH is 1. The van der Waals surface area contributed by atoms with Gasteiger partial charge in [-0.3, -0.25) is 0 Å². The summed E-state index contributed by atoms with van der Waals surface area (Å²) >= 11 is 0. The summed E-state index contributed by atoms with van der Waals surface area (Å²) in [5.74, 6) is 6.25. The third-order valence-electron chi connectivity index (χ3n) is 1.91. The fraction of sp³-hybridized carbons (Fsp3) is 0.333. The van der Waals surface area contributed by atoms with Gasteiger partial charge >= 0.3 is 0 Å². The lowest BCUT2D eigenvalue weighted by molar-refractivity contribution is 0.184. The first-order valence-corrected chi connectivity index (χ1v) is 4.57. The molecule has 0 amide bonds. The molecular weight excluding hydrogens is 192 g/mol. The quantitative estimate of drug-likeness (QED) is 0.755. The van der Waals surface area contributed by atoms with Crippen LogP contribution in [0.4, 0.5) is 0 Å². The molecule has 0 heterocycles. The van der Waals surface area contributed by atoms with Crippen molar-refractivity contribution < 1.29 is 14.6 Å². The van der Waals surface area contributed by atoms with Crippen molar-refractivity contribution in [3.63, 3.8) is 0 Å². The lowest BCUT2D eigenvalue weighted by Crippen LogP contribution is -1.94. The second-order valence-electron chi connectivity index (χ2n) is 2.92. The van der Waals surface area contributed by atoms with Crippen LogP contribution in [-0.2, 0) is 11.3 Å². The highest BCUT2D eigenvalue weighted by atomic mass is 16.5. The number of methoxy groups -OCH3 is 2. The van der Waals surface area contributed by atoms with Gasteiger partial charge in [-0.05, 0) is 23.8 Å². The zero-order chi connectivity index (χ0) is 11.1. The Hall–Kier alpha value is -1.50. The summed E-state index contributed by atoms with van der Waals surface area (Å²) in [4.78, 5) is 0. The van der Waals surface area contributed by atoms with E-state index < -0.39 is 0 Å². The van der Waals surface area contributed by atoms with Gasteiger partial charge in [-0.25, -0.2) is 0 Å². The zero-order valence-electron chi connectivity index (χ0n) is 8.91. The molecule has 15 heavy (non-hydrogen) atoms. The van der Waals surface area contributed by atoms with Crippen molar-refractivity contribution >= 4 is 0 Å². The number of ether oxygens (including phenoxy) is 2. The first kappa shape index (κ1) is 11.6. The predicted octanol–water partition coefficient (Wildman–Crippen LogP) is 1.19. The smallest absolute Gasteiger partial charge is 0.119 e. The summed E-state index contributed by atoms with van der Waals surface area (Å²) in [7, 11) is 3.24. The standard InChI is InChI=1S/C12H14O3/c1-14-9-11-8-12(15-2)6-5-10(11)4-3-7-13/h5-6,8,13H,7,9H2,1-2H3. The molecule has 0 unspecified atom stereocenters. The maximum atomic E-state index is 8.62. The maximum Gasteiger partial charge on any atom is 0.119 e. The fourth-order valence-electron chi connectivity index (χ4n) is 1.23. The van der Waals surface area contributed by atoms with Crippen LogP contribution in [0.15, 0.2) is 18.2 Å². The average Bonchev–Trinajstić information content (AvgIpc) is 2.27. The molecule has 0 saturated carbocycles. The molecule has 80 valence electrons. The Morgan fingerprint density at radius 3 is 2.73 bits per heavy atom. The fourth-order valence-corrected chi connectivity index (χ4v) is 1.23. The molecule has 1 aromatic rings. The molecule has 0 bridgehead atoms. The van der Waals surface area contributed by atoms with Gasteiger partial charge in [0.1, 0.15) is 12.4 Å². The van der Waals surface area contributed by atoms with Crippen LogP contribution in [0.3, 0.4) is 0 Å². The molecule has 0 aliphatic rings. The minimum absolute atomic E-state index is 0.140. The van der Waals surface area contributed by atoms with Crippen LogP contribution < -0.4 is 4.74 Å². The Balaban J connectivity index is 3.03. The summed E-state index contributed by atoms with van der Waals surface area (Å²) in [5, 5.41) is 8.62. The van der Waals surface area contributed by atoms with Crippen molar-refractivity contribution in [1.29, 1.82) is 0 Å². The lowest BCUT2D eigenvalue weighted by Gasteiger charge is -2.06. The molecule has 0 aliphatic carbocycles. The predicted molar refractivity (Wildman–Crippen MR) is 57.7 cm³/mol. The summed E-state index contributed by atoms with van der Waals surface area (Å²) < 4.78 is 10.2. The van der Waals surface area contributed by atoms with E-state index in [2.05, 4.69) is 11.8 Å². The highest BCUT2D eigenvalue weighted by molar-refractivity contribution is 5.45. The maximum absolute atomic E-state index is 8.62. The molecule has 0 radical (unpaired) electrons. The zero-order valence-corrected chi connectivity index (χ0v) is 8.91. The Labute approximate surface area is 89.6 Å². The Morgan fingerprint density at radius 2 is 2.13 bits per heavy atom. The second-order valence-corrected chi connectivity index (χ2v) is 2.92. The molecule has 0 spiro atoms. The van der Waals surface area contributed by atoms with Crippen LogP contribution in [0.1, 0.15) is 11.1 Å². The minimum atomic E-state index is -0.140. The van der Waals surface area contributed by atoms with Crippen LogP contribution in [0, 0.1) is 11.8 Å². The van der Waals surface area contributed by atoms with E-state index >= 15 is 0 Å². The highest BCUT2D eigenvalue weighted by Crippen LogP contribution is 2.17. The van der Waals surface area contributed by atoms with Gasteiger partial charge in [0.05, 0.1) is 13.7 Å². The molecular formula is C12H14O3. The van der Waals surface area contributed by atoms with Gasteiger partial charge in [0.25, 0.3) is 0 Å². The van der Waals surface area contributed by atoms with Gasteiger partial charge in [0, 0.05) is 12.7 Å². The van der Waals surface area contributed by atoms with Gasteiger partial charge in [0.15, 0.2) is 0 Å². The number of rotatable bonds is 3. The summed E-state index contributed by atoms with van der Waals surface area (Å²) in [5.41, 5.74) is 1.81. The van der Waals surface area contributed by atoms with E-state index in [9.17, 15) is 0 Å². The van der Waals surface area contributed by atoms with E-state index in [0.717, 1.165) is 16.9 Å². The van der Waals surface area contributed by atoms with Gasteiger partial charge in [-0.15, -0.1) is 0 Å². The lowest BCUT2D eigenvalue weighted by atomic mass is 10.1. The molecule has 3 nitrogen and oxygen atoms in total. The Morgan fingerprint density at radius 1 is 1.33 bits per heavy atom. The summed E-state index contributed by atoms with van der Waals surface area (Å²) in [6.45, 7) is 0.338. The first-order valence-electron chi connectivity index (χ1n) is 4.57. The molecule has 1 N–H and O–H groups in total. The van der Waals surface area contributed by atoms with Crippen molar-refractivity contribution in [2.75, 3.05) is 20.8 Å². The topological polar surface area (TPSA) is 38.7 Å². The molecule has 1 aromatic carbocycles. The van der Waals surface area contributed by atoms with Crippen LogP contribution in [0.25, 0.3) is 0 Å². The third-order valence-corrected chi connectivity index (χ3v) is 1.91. The van der Waals surface area contributed by atoms with Crippen LogP contribution in [-0.4, -0.2) is 25.9 Å². The monoisotopic (exact) mass is 206 g/mol. The van der Waals surface area contributed by atoms with Crippen LogP contribution in [0.2, 0.25) is 0 Å². The number of benzene rings is 1. The van der Waals surface area contributed by atoms with E-state index in [0.29, 0.717) is 6.61 Å². The van der Waals surface area contributed by atoms with Gasteiger partial charge < -0.3 is 14.6 Å². The van der Waals surface area contributed by atoms with Gasteiger partial charge in [-0.2, -0.15) is 0 Å². The number of aliphatic hydroxyl groups is 1. The molecule has 0 fully saturated rings.